The number of anilines is 1. The summed E-state index contributed by atoms with van der Waals surface area (Å²) in [7, 11) is 1.54. The van der Waals surface area contributed by atoms with Crippen molar-refractivity contribution < 1.29 is 14.6 Å². The lowest BCUT2D eigenvalue weighted by molar-refractivity contribution is 0.126. The predicted molar refractivity (Wildman–Crippen MR) is 110 cm³/mol. The Bertz CT molecular complexity index is 995. The van der Waals surface area contributed by atoms with Crippen molar-refractivity contribution in [2.75, 3.05) is 12.4 Å². The number of rotatable bonds is 5. The van der Waals surface area contributed by atoms with E-state index < -0.39 is 6.09 Å². The molecule has 8 nitrogen and oxygen atoms in total. The van der Waals surface area contributed by atoms with Crippen LogP contribution in [0, 0.1) is 0 Å². The Hall–Kier alpha value is -3.13. The molecule has 1 aliphatic rings. The smallest absolute Gasteiger partial charge is 0.407 e. The molecule has 29 heavy (non-hydrogen) atoms. The van der Waals surface area contributed by atoms with Crippen LogP contribution in [-0.2, 0) is 11.3 Å². The van der Waals surface area contributed by atoms with Crippen molar-refractivity contribution >= 4 is 22.9 Å². The van der Waals surface area contributed by atoms with Crippen molar-refractivity contribution in [2.45, 2.75) is 44.4 Å². The van der Waals surface area contributed by atoms with Gasteiger partial charge in [0.1, 0.15) is 12.4 Å². The highest BCUT2D eigenvalue weighted by Gasteiger charge is 2.20. The summed E-state index contributed by atoms with van der Waals surface area (Å²) < 4.78 is 7.20. The second-order valence-electron chi connectivity index (χ2n) is 7.25. The minimum atomic E-state index is -0.455. The van der Waals surface area contributed by atoms with Crippen LogP contribution < -0.4 is 10.6 Å². The van der Waals surface area contributed by atoms with E-state index in [1.165, 1.54) is 7.05 Å². The second kappa shape index (κ2) is 8.48. The van der Waals surface area contributed by atoms with Crippen LogP contribution in [0.2, 0.25) is 0 Å². The van der Waals surface area contributed by atoms with E-state index in [9.17, 15) is 9.90 Å². The SMILES string of the molecule is CNC(=O)OCc1cccc2c1ccn2-c1ccnc(NC2CCC(O)CC2)n1. The van der Waals surface area contributed by atoms with Crippen LogP contribution >= 0.6 is 0 Å². The average molecular weight is 395 g/mol. The molecule has 1 saturated carbocycles. The molecule has 2 aromatic heterocycles. The molecule has 4 rings (SSSR count). The predicted octanol–water partition coefficient (Wildman–Crippen LogP) is 2.99. The van der Waals surface area contributed by atoms with Crippen molar-refractivity contribution in [2.24, 2.45) is 0 Å². The summed E-state index contributed by atoms with van der Waals surface area (Å²) >= 11 is 0. The summed E-state index contributed by atoms with van der Waals surface area (Å²) in [5.41, 5.74) is 1.91. The van der Waals surface area contributed by atoms with E-state index >= 15 is 0 Å². The van der Waals surface area contributed by atoms with E-state index in [1.807, 2.05) is 41.1 Å². The van der Waals surface area contributed by atoms with Gasteiger partial charge in [-0.3, -0.25) is 0 Å². The van der Waals surface area contributed by atoms with Crippen molar-refractivity contribution in [1.82, 2.24) is 19.9 Å². The van der Waals surface area contributed by atoms with Crippen LogP contribution in [0.3, 0.4) is 0 Å². The van der Waals surface area contributed by atoms with Crippen LogP contribution in [-0.4, -0.2) is 44.9 Å². The number of carbonyl (C=O) groups excluding carboxylic acids is 1. The van der Waals surface area contributed by atoms with Gasteiger partial charge in [0.25, 0.3) is 0 Å². The van der Waals surface area contributed by atoms with Crippen LogP contribution in [0.5, 0.6) is 0 Å². The molecule has 152 valence electrons. The van der Waals surface area contributed by atoms with Crippen LogP contribution in [0.4, 0.5) is 10.7 Å². The Labute approximate surface area is 168 Å². The van der Waals surface area contributed by atoms with Gasteiger partial charge in [0.15, 0.2) is 0 Å². The number of ether oxygens (including phenoxy) is 1. The summed E-state index contributed by atoms with van der Waals surface area (Å²) in [4.78, 5) is 20.4. The van der Waals surface area contributed by atoms with Gasteiger partial charge in [-0.15, -0.1) is 0 Å². The van der Waals surface area contributed by atoms with Crippen LogP contribution in [0.1, 0.15) is 31.2 Å². The van der Waals surface area contributed by atoms with Gasteiger partial charge in [0, 0.05) is 30.9 Å². The zero-order valence-corrected chi connectivity index (χ0v) is 16.3. The lowest BCUT2D eigenvalue weighted by Gasteiger charge is -2.26. The number of aromatic nitrogens is 3. The monoisotopic (exact) mass is 395 g/mol. The molecule has 0 saturated heterocycles. The minimum absolute atomic E-state index is 0.187. The van der Waals surface area contributed by atoms with E-state index in [1.54, 1.807) is 6.20 Å². The van der Waals surface area contributed by atoms with Gasteiger partial charge in [-0.25, -0.2) is 9.78 Å². The molecule has 0 aliphatic heterocycles. The summed E-state index contributed by atoms with van der Waals surface area (Å²) in [5.74, 6) is 1.35. The number of aliphatic hydroxyl groups excluding tert-OH is 1. The average Bonchev–Trinajstić information content (AvgIpc) is 3.18. The fourth-order valence-corrected chi connectivity index (χ4v) is 3.73. The molecule has 0 atom stereocenters. The summed E-state index contributed by atoms with van der Waals surface area (Å²) in [6, 6.07) is 10.0. The Kier molecular flexibility index (Phi) is 5.62. The standard InChI is InChI=1S/C21H25N5O3/c1-22-21(28)29-13-14-3-2-4-18-17(14)10-12-26(18)19-9-11-23-20(25-19)24-15-5-7-16(27)8-6-15/h2-4,9-12,15-16,27H,5-8,13H2,1H3,(H,22,28)(H,23,24,25). The summed E-state index contributed by atoms with van der Waals surface area (Å²) in [6.45, 7) is 0.200. The number of benzene rings is 1. The van der Waals surface area contributed by atoms with Gasteiger partial charge >= 0.3 is 6.09 Å². The topological polar surface area (TPSA) is 101 Å². The second-order valence-corrected chi connectivity index (χ2v) is 7.25. The maximum Gasteiger partial charge on any atom is 0.407 e. The molecule has 8 heteroatoms. The third kappa shape index (κ3) is 4.32. The van der Waals surface area contributed by atoms with Crippen molar-refractivity contribution in [3.8, 4) is 5.82 Å². The van der Waals surface area contributed by atoms with Crippen LogP contribution in [0.15, 0.2) is 42.7 Å². The lowest BCUT2D eigenvalue weighted by atomic mass is 9.93. The zero-order valence-electron chi connectivity index (χ0n) is 16.3. The number of aliphatic hydroxyl groups is 1. The number of hydrogen-bond acceptors (Lipinski definition) is 6. The van der Waals surface area contributed by atoms with Gasteiger partial charge in [-0.1, -0.05) is 12.1 Å². The van der Waals surface area contributed by atoms with Crippen molar-refractivity contribution in [1.29, 1.82) is 0 Å². The highest BCUT2D eigenvalue weighted by molar-refractivity contribution is 5.85. The molecule has 1 aliphatic carbocycles. The molecular formula is C21H25N5O3. The molecule has 0 radical (unpaired) electrons. The van der Waals surface area contributed by atoms with Crippen molar-refractivity contribution in [3.05, 3.63) is 48.3 Å². The maximum absolute atomic E-state index is 11.4. The number of carbonyl (C=O) groups is 1. The molecular weight excluding hydrogens is 370 g/mol. The maximum atomic E-state index is 11.4. The third-order valence-corrected chi connectivity index (χ3v) is 5.30. The van der Waals surface area contributed by atoms with Crippen LogP contribution in [0.25, 0.3) is 16.7 Å². The molecule has 2 heterocycles. The molecule has 1 fully saturated rings. The Balaban J connectivity index is 1.56. The fourth-order valence-electron chi connectivity index (χ4n) is 3.73. The Morgan fingerprint density at radius 2 is 2.07 bits per heavy atom. The highest BCUT2D eigenvalue weighted by Crippen LogP contribution is 2.25. The Morgan fingerprint density at radius 1 is 1.24 bits per heavy atom. The zero-order chi connectivity index (χ0) is 20.2. The number of nitrogens with one attached hydrogen (secondary N) is 2. The fraction of sp³-hybridized carbons (Fsp3) is 0.381. The molecule has 3 N–H and O–H groups in total. The molecule has 0 spiro atoms. The number of amides is 1. The van der Waals surface area contributed by atoms with Gasteiger partial charge in [-0.05, 0) is 49.4 Å². The van der Waals surface area contributed by atoms with Gasteiger partial charge in [0.05, 0.1) is 11.6 Å². The van der Waals surface area contributed by atoms with Gasteiger partial charge in [-0.2, -0.15) is 4.98 Å². The molecule has 0 unspecified atom stereocenters. The minimum Gasteiger partial charge on any atom is -0.445 e. The Morgan fingerprint density at radius 3 is 2.86 bits per heavy atom. The van der Waals surface area contributed by atoms with Crippen molar-refractivity contribution in [3.63, 3.8) is 0 Å². The first-order chi connectivity index (χ1) is 14.1. The molecule has 1 amide bonds. The number of nitrogens with zero attached hydrogens (tertiary/aromatic N) is 3. The highest BCUT2D eigenvalue weighted by atomic mass is 16.5. The van der Waals surface area contributed by atoms with Gasteiger partial charge in [0.2, 0.25) is 5.95 Å². The van der Waals surface area contributed by atoms with E-state index in [0.717, 1.165) is 48.0 Å². The first-order valence-electron chi connectivity index (χ1n) is 9.85. The van der Waals surface area contributed by atoms with Gasteiger partial charge < -0.3 is 25.0 Å². The van der Waals surface area contributed by atoms with E-state index in [2.05, 4.69) is 20.6 Å². The lowest BCUT2D eigenvalue weighted by Crippen LogP contribution is -2.29. The first kappa shape index (κ1) is 19.2. The normalized spacial score (nSPS) is 19.1. The largest absolute Gasteiger partial charge is 0.445 e. The third-order valence-electron chi connectivity index (χ3n) is 5.30. The first-order valence-corrected chi connectivity index (χ1v) is 9.85. The summed E-state index contributed by atoms with van der Waals surface area (Å²) in [6.07, 6.45) is 6.49. The molecule has 0 bridgehead atoms. The molecule has 3 aromatic rings. The number of fused-ring (bicyclic) bond motifs is 1. The van der Waals surface area contributed by atoms with E-state index in [-0.39, 0.29) is 18.8 Å². The van der Waals surface area contributed by atoms with E-state index in [0.29, 0.717) is 5.95 Å². The molecule has 1 aromatic carbocycles. The number of alkyl carbamates (subject to hydrolysis) is 1. The number of hydrogen-bond donors (Lipinski definition) is 3. The summed E-state index contributed by atoms with van der Waals surface area (Å²) in [5, 5.41) is 16.5. The van der Waals surface area contributed by atoms with E-state index in [4.69, 9.17) is 4.74 Å². The quantitative estimate of drug-likeness (QED) is 0.614.